The lowest BCUT2D eigenvalue weighted by molar-refractivity contribution is -0.150. The average molecular weight is 339 g/mol. The summed E-state index contributed by atoms with van der Waals surface area (Å²) in [7, 11) is 3.98. The lowest BCUT2D eigenvalue weighted by Crippen LogP contribution is -2.50. The number of ether oxygens (including phenoxy) is 1. The number of hydrogen-bond acceptors (Lipinski definition) is 5. The van der Waals surface area contributed by atoms with Crippen LogP contribution in [-0.4, -0.2) is 70.2 Å². The molecule has 1 fully saturated rings. The van der Waals surface area contributed by atoms with E-state index in [1.807, 2.05) is 23.7 Å². The number of amides is 1. The normalized spacial score (nSPS) is 19.8. The molecular weight excluding hydrogens is 313 g/mol. The fourth-order valence-corrected chi connectivity index (χ4v) is 3.08. The number of carbonyl (C=O) groups excluding carboxylic acids is 1. The molecule has 3 rings (SSSR count). The molecule has 1 aliphatic heterocycles. The van der Waals surface area contributed by atoms with Crippen LogP contribution >= 0.6 is 0 Å². The molecule has 7 nitrogen and oxygen atoms in total. The number of rotatable bonds is 6. The Morgan fingerprint density at radius 3 is 2.79 bits per heavy atom. The number of likely N-dealkylation sites (N-methyl/N-ethyl adjacent to an activating group) is 1. The Bertz CT molecular complexity index is 585. The molecule has 2 heterocycles. The Balaban J connectivity index is 1.65. The van der Waals surface area contributed by atoms with Gasteiger partial charge in [0.25, 0.3) is 5.91 Å². The number of aryl methyl sites for hydroxylation is 1. The minimum atomic E-state index is -1.65. The quantitative estimate of drug-likeness (QED) is 0.723. The van der Waals surface area contributed by atoms with Crippen LogP contribution in [0.25, 0.3) is 0 Å². The summed E-state index contributed by atoms with van der Waals surface area (Å²) in [6, 6.07) is 0. The molecule has 0 saturated heterocycles. The van der Waals surface area contributed by atoms with E-state index in [1.54, 1.807) is 4.90 Å². The van der Waals surface area contributed by atoms with Crippen molar-refractivity contribution in [2.24, 2.45) is 0 Å². The van der Waals surface area contributed by atoms with Gasteiger partial charge in [0.05, 0.1) is 25.5 Å². The van der Waals surface area contributed by atoms with Crippen molar-refractivity contribution in [3.8, 4) is 0 Å². The van der Waals surface area contributed by atoms with Crippen molar-refractivity contribution < 1.29 is 13.9 Å². The van der Waals surface area contributed by atoms with Gasteiger partial charge in [-0.05, 0) is 39.8 Å². The van der Waals surface area contributed by atoms with E-state index in [4.69, 9.17) is 4.74 Å². The Morgan fingerprint density at radius 1 is 1.33 bits per heavy atom. The summed E-state index contributed by atoms with van der Waals surface area (Å²) in [4.78, 5) is 16.2. The van der Waals surface area contributed by atoms with Gasteiger partial charge in [-0.3, -0.25) is 4.79 Å². The first-order valence-electron chi connectivity index (χ1n) is 8.61. The smallest absolute Gasteiger partial charge is 0.260 e. The highest BCUT2D eigenvalue weighted by Crippen LogP contribution is 2.38. The molecule has 0 N–H and O–H groups in total. The van der Waals surface area contributed by atoms with E-state index < -0.39 is 5.67 Å². The number of carbonyl (C=O) groups is 1. The van der Waals surface area contributed by atoms with E-state index in [-0.39, 0.29) is 5.91 Å². The Hall–Kier alpha value is -1.54. The van der Waals surface area contributed by atoms with E-state index in [9.17, 15) is 9.18 Å². The van der Waals surface area contributed by atoms with E-state index >= 15 is 0 Å². The maximum atomic E-state index is 14.5. The maximum absolute atomic E-state index is 14.5. The summed E-state index contributed by atoms with van der Waals surface area (Å²) in [5, 5.41) is 8.35. The molecule has 0 spiro atoms. The van der Waals surface area contributed by atoms with Crippen molar-refractivity contribution in [3.05, 3.63) is 11.4 Å². The molecule has 0 aromatic carbocycles. The number of nitrogens with zero attached hydrogens (tertiary/aromatic N) is 5. The molecule has 0 atom stereocenters. The highest BCUT2D eigenvalue weighted by Gasteiger charge is 2.47. The van der Waals surface area contributed by atoms with Crippen LogP contribution in [0.3, 0.4) is 0 Å². The summed E-state index contributed by atoms with van der Waals surface area (Å²) in [5.41, 5.74) is -0.0334. The second kappa shape index (κ2) is 7.14. The molecule has 2 aliphatic rings. The number of fused-ring (bicyclic) bond motifs is 1. The predicted octanol–water partition coefficient (Wildman–Crippen LogP) is 0.981. The third-order valence-electron chi connectivity index (χ3n) is 4.79. The van der Waals surface area contributed by atoms with E-state index in [0.717, 1.165) is 30.8 Å². The van der Waals surface area contributed by atoms with E-state index in [2.05, 4.69) is 10.3 Å². The van der Waals surface area contributed by atoms with Crippen molar-refractivity contribution in [3.63, 3.8) is 0 Å². The van der Waals surface area contributed by atoms with Crippen LogP contribution in [0.15, 0.2) is 0 Å². The molecule has 8 heteroatoms. The van der Waals surface area contributed by atoms with Gasteiger partial charge in [-0.15, -0.1) is 5.10 Å². The first-order valence-corrected chi connectivity index (χ1v) is 8.61. The topological polar surface area (TPSA) is 63.5 Å². The third kappa shape index (κ3) is 3.59. The number of halogens is 1. The van der Waals surface area contributed by atoms with Crippen LogP contribution in [-0.2, 0) is 29.2 Å². The van der Waals surface area contributed by atoms with Crippen LogP contribution in [0.5, 0.6) is 0 Å². The summed E-state index contributed by atoms with van der Waals surface area (Å²) < 4.78 is 22.0. The standard InChI is InChI=1S/C16H26FN5O2/c1-20(2)9-10-24-12-13-14-11-21(7-4-8-22(14)19-18-13)15(23)16(17)5-3-6-16/h3-12H2,1-2H3. The highest BCUT2D eigenvalue weighted by atomic mass is 19.1. The monoisotopic (exact) mass is 339 g/mol. The highest BCUT2D eigenvalue weighted by molar-refractivity contribution is 5.86. The molecule has 1 aliphatic carbocycles. The zero-order chi connectivity index (χ0) is 17.2. The van der Waals surface area contributed by atoms with Crippen LogP contribution in [0.1, 0.15) is 37.1 Å². The lowest BCUT2D eigenvalue weighted by Gasteiger charge is -2.36. The minimum absolute atomic E-state index is 0.348. The summed E-state index contributed by atoms with van der Waals surface area (Å²) in [6.07, 6.45) is 2.25. The second-order valence-electron chi connectivity index (χ2n) is 6.96. The van der Waals surface area contributed by atoms with Crippen LogP contribution in [0, 0.1) is 0 Å². The van der Waals surface area contributed by atoms with Gasteiger partial charge in [0.2, 0.25) is 0 Å². The molecule has 0 bridgehead atoms. The van der Waals surface area contributed by atoms with Crippen LogP contribution < -0.4 is 0 Å². The molecule has 1 aromatic rings. The fourth-order valence-electron chi connectivity index (χ4n) is 3.08. The van der Waals surface area contributed by atoms with Gasteiger partial charge < -0.3 is 14.5 Å². The molecular formula is C16H26FN5O2. The Labute approximate surface area is 141 Å². The van der Waals surface area contributed by atoms with Crippen LogP contribution in [0.2, 0.25) is 0 Å². The van der Waals surface area contributed by atoms with Crippen molar-refractivity contribution >= 4 is 5.91 Å². The molecule has 24 heavy (non-hydrogen) atoms. The second-order valence-corrected chi connectivity index (χ2v) is 6.96. The zero-order valence-corrected chi connectivity index (χ0v) is 14.5. The Kier molecular flexibility index (Phi) is 5.15. The predicted molar refractivity (Wildman–Crippen MR) is 86.0 cm³/mol. The molecule has 1 amide bonds. The van der Waals surface area contributed by atoms with Crippen molar-refractivity contribution in [2.75, 3.05) is 33.8 Å². The van der Waals surface area contributed by atoms with Gasteiger partial charge in [-0.1, -0.05) is 5.21 Å². The minimum Gasteiger partial charge on any atom is -0.374 e. The number of alkyl halides is 1. The molecule has 0 radical (unpaired) electrons. The zero-order valence-electron chi connectivity index (χ0n) is 14.5. The number of hydrogen-bond donors (Lipinski definition) is 0. The summed E-state index contributed by atoms with van der Waals surface area (Å²) in [5.74, 6) is -0.372. The number of aromatic nitrogens is 3. The molecule has 134 valence electrons. The van der Waals surface area contributed by atoms with Crippen molar-refractivity contribution in [2.45, 2.75) is 51.0 Å². The third-order valence-corrected chi connectivity index (χ3v) is 4.79. The van der Waals surface area contributed by atoms with Gasteiger partial charge in [0.15, 0.2) is 5.67 Å². The molecule has 0 unspecified atom stereocenters. The van der Waals surface area contributed by atoms with E-state index in [1.165, 1.54) is 0 Å². The largest absolute Gasteiger partial charge is 0.374 e. The average Bonchev–Trinajstić information content (AvgIpc) is 2.76. The Morgan fingerprint density at radius 2 is 2.12 bits per heavy atom. The maximum Gasteiger partial charge on any atom is 0.260 e. The molecule has 1 saturated carbocycles. The van der Waals surface area contributed by atoms with Crippen molar-refractivity contribution in [1.82, 2.24) is 24.8 Å². The first-order chi connectivity index (χ1) is 11.5. The van der Waals surface area contributed by atoms with Gasteiger partial charge in [0, 0.05) is 19.6 Å². The molecule has 1 aromatic heterocycles. The summed E-state index contributed by atoms with van der Waals surface area (Å²) >= 11 is 0. The van der Waals surface area contributed by atoms with Gasteiger partial charge >= 0.3 is 0 Å². The van der Waals surface area contributed by atoms with E-state index in [0.29, 0.717) is 45.7 Å². The summed E-state index contributed by atoms with van der Waals surface area (Å²) in [6.45, 7) is 3.43. The van der Waals surface area contributed by atoms with Crippen LogP contribution in [0.4, 0.5) is 4.39 Å². The van der Waals surface area contributed by atoms with Gasteiger partial charge in [-0.2, -0.15) is 0 Å². The lowest BCUT2D eigenvalue weighted by atomic mass is 9.81. The van der Waals surface area contributed by atoms with Gasteiger partial charge in [0.1, 0.15) is 5.69 Å². The van der Waals surface area contributed by atoms with Gasteiger partial charge in [-0.25, -0.2) is 9.07 Å². The first kappa shape index (κ1) is 17.3. The van der Waals surface area contributed by atoms with Crippen molar-refractivity contribution in [1.29, 1.82) is 0 Å². The fraction of sp³-hybridized carbons (Fsp3) is 0.812. The SMILES string of the molecule is CN(C)CCOCc1nnn2c1CN(C(=O)C1(F)CCC1)CCC2.